The Labute approximate surface area is 163 Å². The van der Waals surface area contributed by atoms with E-state index in [1.165, 1.54) is 12.3 Å². The van der Waals surface area contributed by atoms with Crippen LogP contribution in [-0.4, -0.2) is 23.6 Å². The molecule has 3 N–H and O–H groups in total. The Morgan fingerprint density at radius 3 is 2.50 bits per heavy atom. The van der Waals surface area contributed by atoms with Crippen LogP contribution in [0.2, 0.25) is 0 Å². The van der Waals surface area contributed by atoms with Gasteiger partial charge in [-0.2, -0.15) is 5.26 Å². The van der Waals surface area contributed by atoms with Crippen LogP contribution in [-0.2, 0) is 9.53 Å². The Morgan fingerprint density at radius 2 is 1.82 bits per heavy atom. The summed E-state index contributed by atoms with van der Waals surface area (Å²) in [6.07, 6.45) is 2.83. The molecule has 0 spiro atoms. The van der Waals surface area contributed by atoms with Crippen LogP contribution in [0.5, 0.6) is 5.75 Å². The minimum absolute atomic E-state index is 0.0170. The normalized spacial score (nSPS) is 10.6. The number of benzene rings is 2. The number of phenols is 1. The molecule has 2 aromatic carbocycles. The molecule has 2 rings (SSSR count). The molecule has 0 aliphatic heterocycles. The van der Waals surface area contributed by atoms with Crippen molar-refractivity contribution >= 4 is 23.3 Å². The van der Waals surface area contributed by atoms with Gasteiger partial charge in [-0.3, -0.25) is 4.79 Å². The van der Waals surface area contributed by atoms with Crippen molar-refractivity contribution in [2.24, 2.45) is 0 Å². The van der Waals surface area contributed by atoms with Crippen molar-refractivity contribution < 1.29 is 19.4 Å². The number of nitrogens with zero attached hydrogens (tertiary/aromatic N) is 1. The average Bonchev–Trinajstić information content (AvgIpc) is 2.70. The fraction of sp³-hybridized carbons (Fsp3) is 0.190. The van der Waals surface area contributed by atoms with E-state index >= 15 is 0 Å². The number of phenolic OH excluding ortho intramolecular Hbond substituents is 1. The highest BCUT2D eigenvalue weighted by molar-refractivity contribution is 6.09. The SMILES string of the molecule is CCCCOC(=O)c1ccccc1NC(=O)/C(C#N)=C\Nc1ccccc1O. The largest absolute Gasteiger partial charge is 0.506 e. The van der Waals surface area contributed by atoms with Crippen molar-refractivity contribution in [1.82, 2.24) is 0 Å². The van der Waals surface area contributed by atoms with Crippen molar-refractivity contribution in [3.05, 3.63) is 65.9 Å². The minimum Gasteiger partial charge on any atom is -0.506 e. The van der Waals surface area contributed by atoms with Crippen LogP contribution < -0.4 is 10.6 Å². The summed E-state index contributed by atoms with van der Waals surface area (Å²) in [6.45, 7) is 2.28. The molecule has 144 valence electrons. The highest BCUT2D eigenvalue weighted by Crippen LogP contribution is 2.22. The molecular weight excluding hydrogens is 358 g/mol. The van der Waals surface area contributed by atoms with E-state index in [4.69, 9.17) is 4.74 Å². The summed E-state index contributed by atoms with van der Waals surface area (Å²) in [5, 5.41) is 24.3. The number of unbranched alkanes of at least 4 members (excludes halogenated alkanes) is 1. The molecule has 0 heterocycles. The summed E-state index contributed by atoms with van der Waals surface area (Å²) in [6, 6.07) is 14.6. The standard InChI is InChI=1S/C21H21N3O4/c1-2-3-12-28-21(27)16-8-4-5-9-17(16)24-20(26)15(13-22)14-23-18-10-6-7-11-19(18)25/h4-11,14,23,25H,2-3,12H2,1H3,(H,24,26)/b15-14-. The topological polar surface area (TPSA) is 111 Å². The lowest BCUT2D eigenvalue weighted by atomic mass is 10.1. The minimum atomic E-state index is -0.695. The predicted octanol–water partition coefficient (Wildman–Crippen LogP) is 3.81. The van der Waals surface area contributed by atoms with Crippen LogP contribution in [0.3, 0.4) is 0 Å². The maximum Gasteiger partial charge on any atom is 0.340 e. The van der Waals surface area contributed by atoms with Crippen LogP contribution >= 0.6 is 0 Å². The first-order chi connectivity index (χ1) is 13.6. The molecule has 7 heteroatoms. The van der Waals surface area contributed by atoms with Crippen molar-refractivity contribution in [3.63, 3.8) is 0 Å². The number of hydrogen-bond donors (Lipinski definition) is 3. The molecule has 7 nitrogen and oxygen atoms in total. The third kappa shape index (κ3) is 5.61. The summed E-state index contributed by atoms with van der Waals surface area (Å²) in [4.78, 5) is 24.6. The number of rotatable bonds is 8. The van der Waals surface area contributed by atoms with Crippen molar-refractivity contribution in [2.75, 3.05) is 17.2 Å². The molecule has 0 aliphatic rings. The van der Waals surface area contributed by atoms with Gasteiger partial charge in [-0.1, -0.05) is 37.6 Å². The van der Waals surface area contributed by atoms with E-state index in [1.54, 1.807) is 48.5 Å². The predicted molar refractivity (Wildman–Crippen MR) is 106 cm³/mol. The molecule has 0 bridgehead atoms. The molecule has 0 unspecified atom stereocenters. The van der Waals surface area contributed by atoms with Gasteiger partial charge in [0.05, 0.1) is 23.5 Å². The molecule has 0 radical (unpaired) electrons. The number of hydrogen-bond acceptors (Lipinski definition) is 6. The number of ether oxygens (including phenoxy) is 1. The number of anilines is 2. The molecule has 1 amide bonds. The zero-order valence-corrected chi connectivity index (χ0v) is 15.4. The fourth-order valence-electron chi connectivity index (χ4n) is 2.24. The van der Waals surface area contributed by atoms with Crippen LogP contribution in [0.1, 0.15) is 30.1 Å². The summed E-state index contributed by atoms with van der Waals surface area (Å²) in [5.74, 6) is -1.25. The zero-order valence-electron chi connectivity index (χ0n) is 15.4. The van der Waals surface area contributed by atoms with Crippen LogP contribution in [0.4, 0.5) is 11.4 Å². The Morgan fingerprint density at radius 1 is 1.14 bits per heavy atom. The van der Waals surface area contributed by atoms with E-state index < -0.39 is 11.9 Å². The highest BCUT2D eigenvalue weighted by atomic mass is 16.5. The number of amides is 1. The Bertz CT molecular complexity index is 916. The summed E-state index contributed by atoms with van der Waals surface area (Å²) >= 11 is 0. The zero-order chi connectivity index (χ0) is 20.4. The van der Waals surface area contributed by atoms with Crippen molar-refractivity contribution in [3.8, 4) is 11.8 Å². The summed E-state index contributed by atoms with van der Waals surface area (Å²) < 4.78 is 5.19. The number of carbonyl (C=O) groups is 2. The summed E-state index contributed by atoms with van der Waals surface area (Å²) in [7, 11) is 0. The van der Waals surface area contributed by atoms with Gasteiger partial charge in [0, 0.05) is 6.20 Å². The Balaban J connectivity index is 2.12. The lowest BCUT2D eigenvalue weighted by Gasteiger charge is -2.11. The van der Waals surface area contributed by atoms with Crippen LogP contribution in [0.15, 0.2) is 60.3 Å². The van der Waals surface area contributed by atoms with Gasteiger partial charge in [-0.15, -0.1) is 0 Å². The van der Waals surface area contributed by atoms with Gasteiger partial charge in [-0.05, 0) is 30.7 Å². The third-order valence-electron chi connectivity index (χ3n) is 3.77. The highest BCUT2D eigenvalue weighted by Gasteiger charge is 2.16. The molecule has 28 heavy (non-hydrogen) atoms. The first kappa shape index (κ1) is 20.5. The van der Waals surface area contributed by atoms with E-state index in [2.05, 4.69) is 10.6 Å². The number of nitrogens with one attached hydrogen (secondary N) is 2. The maximum absolute atomic E-state index is 12.4. The number of aromatic hydroxyl groups is 1. The van der Waals surface area contributed by atoms with Gasteiger partial charge in [0.25, 0.3) is 5.91 Å². The van der Waals surface area contributed by atoms with Crippen LogP contribution in [0, 0.1) is 11.3 Å². The molecule has 0 aromatic heterocycles. The Kier molecular flexibility index (Phi) is 7.61. The number of carbonyl (C=O) groups excluding carboxylic acids is 2. The van der Waals surface area contributed by atoms with Crippen molar-refractivity contribution in [2.45, 2.75) is 19.8 Å². The van der Waals surface area contributed by atoms with Gasteiger partial charge >= 0.3 is 5.97 Å². The number of esters is 1. The smallest absolute Gasteiger partial charge is 0.340 e. The van der Waals surface area contributed by atoms with E-state index in [9.17, 15) is 20.0 Å². The second kappa shape index (κ2) is 10.4. The van der Waals surface area contributed by atoms with Gasteiger partial charge < -0.3 is 20.5 Å². The van der Waals surface area contributed by atoms with Gasteiger partial charge in [-0.25, -0.2) is 4.79 Å². The third-order valence-corrected chi connectivity index (χ3v) is 3.77. The first-order valence-corrected chi connectivity index (χ1v) is 8.79. The quantitative estimate of drug-likeness (QED) is 0.211. The summed E-state index contributed by atoms with van der Waals surface area (Å²) in [5.41, 5.74) is 0.580. The monoisotopic (exact) mass is 379 g/mol. The number of para-hydroxylation sites is 3. The first-order valence-electron chi connectivity index (χ1n) is 8.79. The fourth-order valence-corrected chi connectivity index (χ4v) is 2.24. The lowest BCUT2D eigenvalue weighted by Crippen LogP contribution is -2.18. The van der Waals surface area contributed by atoms with E-state index in [0.717, 1.165) is 12.8 Å². The molecule has 2 aromatic rings. The second-order valence-corrected chi connectivity index (χ2v) is 5.82. The molecule has 0 atom stereocenters. The maximum atomic E-state index is 12.4. The molecule has 0 saturated heterocycles. The van der Waals surface area contributed by atoms with Crippen LogP contribution in [0.25, 0.3) is 0 Å². The molecule has 0 saturated carbocycles. The van der Waals surface area contributed by atoms with Gasteiger partial charge in [0.1, 0.15) is 17.4 Å². The number of nitriles is 1. The molecule has 0 aliphatic carbocycles. The second-order valence-electron chi connectivity index (χ2n) is 5.82. The van der Waals surface area contributed by atoms with E-state index in [0.29, 0.717) is 12.3 Å². The lowest BCUT2D eigenvalue weighted by molar-refractivity contribution is -0.112. The average molecular weight is 379 g/mol. The molecular formula is C21H21N3O4. The van der Waals surface area contributed by atoms with Crippen molar-refractivity contribution in [1.29, 1.82) is 5.26 Å². The van der Waals surface area contributed by atoms with Gasteiger partial charge in [0.15, 0.2) is 0 Å². The van der Waals surface area contributed by atoms with E-state index in [-0.39, 0.29) is 22.6 Å². The Hall–Kier alpha value is -3.79. The van der Waals surface area contributed by atoms with E-state index in [1.807, 2.05) is 6.92 Å². The van der Waals surface area contributed by atoms with Gasteiger partial charge in [0.2, 0.25) is 0 Å². The molecule has 0 fully saturated rings.